The van der Waals surface area contributed by atoms with Gasteiger partial charge in [0.1, 0.15) is 5.82 Å². The van der Waals surface area contributed by atoms with Crippen LogP contribution in [0.5, 0.6) is 0 Å². The molecule has 0 atom stereocenters. The van der Waals surface area contributed by atoms with Crippen molar-refractivity contribution in [1.29, 1.82) is 0 Å². The van der Waals surface area contributed by atoms with Gasteiger partial charge in [0, 0.05) is 11.4 Å². The van der Waals surface area contributed by atoms with Crippen molar-refractivity contribution >= 4 is 11.5 Å². The van der Waals surface area contributed by atoms with Crippen LogP contribution in [0.2, 0.25) is 0 Å². The van der Waals surface area contributed by atoms with Crippen LogP contribution in [0, 0.1) is 13.8 Å². The van der Waals surface area contributed by atoms with Crippen LogP contribution >= 0.6 is 0 Å². The van der Waals surface area contributed by atoms with Gasteiger partial charge in [-0.1, -0.05) is 25.1 Å². The van der Waals surface area contributed by atoms with Gasteiger partial charge in [0.2, 0.25) is 0 Å². The van der Waals surface area contributed by atoms with E-state index in [0.29, 0.717) is 0 Å². The molecule has 0 aliphatic rings. The standard InChI is InChI=1S/C15H18N2/c1-4-13-6-5-7-14(10-13)17-15-11(2)8-9-12(3)16-15/h5-10H,4H2,1-3H3,(H,16,17). The molecule has 0 saturated carbocycles. The lowest BCUT2D eigenvalue weighted by Crippen LogP contribution is -1.98. The number of nitrogens with one attached hydrogen (secondary N) is 1. The van der Waals surface area contributed by atoms with E-state index in [-0.39, 0.29) is 0 Å². The maximum absolute atomic E-state index is 4.51. The first-order valence-electron chi connectivity index (χ1n) is 5.99. The summed E-state index contributed by atoms with van der Waals surface area (Å²) in [6.07, 6.45) is 1.05. The Balaban J connectivity index is 2.27. The Hall–Kier alpha value is -1.83. The van der Waals surface area contributed by atoms with Gasteiger partial charge in [-0.15, -0.1) is 0 Å². The monoisotopic (exact) mass is 226 g/mol. The summed E-state index contributed by atoms with van der Waals surface area (Å²) in [4.78, 5) is 4.51. The van der Waals surface area contributed by atoms with Gasteiger partial charge in [-0.2, -0.15) is 0 Å². The Bertz CT molecular complexity index is 518. The summed E-state index contributed by atoms with van der Waals surface area (Å²) in [5.74, 6) is 0.943. The minimum absolute atomic E-state index is 0.943. The summed E-state index contributed by atoms with van der Waals surface area (Å²) >= 11 is 0. The van der Waals surface area contributed by atoms with E-state index < -0.39 is 0 Å². The summed E-state index contributed by atoms with van der Waals surface area (Å²) in [7, 11) is 0. The second-order valence-corrected chi connectivity index (χ2v) is 4.30. The average Bonchev–Trinajstić information content (AvgIpc) is 2.34. The molecule has 1 heterocycles. The molecule has 0 amide bonds. The minimum atomic E-state index is 0.943. The summed E-state index contributed by atoms with van der Waals surface area (Å²) in [5, 5.41) is 3.38. The van der Waals surface area contributed by atoms with E-state index in [1.807, 2.05) is 13.0 Å². The Morgan fingerprint density at radius 1 is 1.12 bits per heavy atom. The van der Waals surface area contributed by atoms with Gasteiger partial charge in [-0.3, -0.25) is 0 Å². The molecule has 2 aromatic rings. The molecule has 2 rings (SSSR count). The van der Waals surface area contributed by atoms with E-state index in [0.717, 1.165) is 29.2 Å². The fourth-order valence-corrected chi connectivity index (χ4v) is 1.76. The van der Waals surface area contributed by atoms with Crippen molar-refractivity contribution in [3.63, 3.8) is 0 Å². The van der Waals surface area contributed by atoms with Crippen LogP contribution in [0.25, 0.3) is 0 Å². The van der Waals surface area contributed by atoms with Crippen molar-refractivity contribution in [3.05, 3.63) is 53.2 Å². The SMILES string of the molecule is CCc1cccc(Nc2nc(C)ccc2C)c1. The van der Waals surface area contributed by atoms with E-state index in [2.05, 4.69) is 54.5 Å². The van der Waals surface area contributed by atoms with Crippen LogP contribution in [0.4, 0.5) is 11.5 Å². The zero-order valence-electron chi connectivity index (χ0n) is 10.6. The van der Waals surface area contributed by atoms with Gasteiger partial charge < -0.3 is 5.32 Å². The summed E-state index contributed by atoms with van der Waals surface area (Å²) in [6, 6.07) is 12.6. The number of hydrogen-bond acceptors (Lipinski definition) is 2. The maximum Gasteiger partial charge on any atom is 0.133 e. The molecule has 1 aromatic carbocycles. The van der Waals surface area contributed by atoms with E-state index in [1.54, 1.807) is 0 Å². The number of aromatic nitrogens is 1. The second kappa shape index (κ2) is 5.00. The number of benzene rings is 1. The molecule has 0 aliphatic heterocycles. The van der Waals surface area contributed by atoms with Crippen molar-refractivity contribution in [1.82, 2.24) is 4.98 Å². The van der Waals surface area contributed by atoms with Crippen molar-refractivity contribution < 1.29 is 0 Å². The largest absolute Gasteiger partial charge is 0.340 e. The molecule has 88 valence electrons. The second-order valence-electron chi connectivity index (χ2n) is 4.30. The van der Waals surface area contributed by atoms with Crippen LogP contribution in [0.3, 0.4) is 0 Å². The number of nitrogens with zero attached hydrogens (tertiary/aromatic N) is 1. The predicted molar refractivity (Wildman–Crippen MR) is 72.8 cm³/mol. The third-order valence-corrected chi connectivity index (χ3v) is 2.83. The van der Waals surface area contributed by atoms with E-state index in [4.69, 9.17) is 0 Å². The molecule has 0 fully saturated rings. The van der Waals surface area contributed by atoms with E-state index >= 15 is 0 Å². The minimum Gasteiger partial charge on any atom is -0.340 e. The molecule has 1 aromatic heterocycles. The fraction of sp³-hybridized carbons (Fsp3) is 0.267. The highest BCUT2D eigenvalue weighted by Gasteiger charge is 2.01. The van der Waals surface area contributed by atoms with Crippen LogP contribution < -0.4 is 5.32 Å². The number of pyridine rings is 1. The van der Waals surface area contributed by atoms with Gasteiger partial charge in [-0.25, -0.2) is 4.98 Å². The third kappa shape index (κ3) is 2.84. The molecule has 2 heteroatoms. The number of aryl methyl sites for hydroxylation is 3. The normalized spacial score (nSPS) is 10.3. The van der Waals surface area contributed by atoms with Crippen molar-refractivity contribution in [2.24, 2.45) is 0 Å². The lowest BCUT2D eigenvalue weighted by Gasteiger charge is -2.10. The van der Waals surface area contributed by atoms with Crippen molar-refractivity contribution in [2.75, 3.05) is 5.32 Å². The lowest BCUT2D eigenvalue weighted by atomic mass is 10.1. The highest BCUT2D eigenvalue weighted by Crippen LogP contribution is 2.19. The van der Waals surface area contributed by atoms with Crippen molar-refractivity contribution in [2.45, 2.75) is 27.2 Å². The molecule has 0 bridgehead atoms. The highest BCUT2D eigenvalue weighted by atomic mass is 15.0. The first-order valence-corrected chi connectivity index (χ1v) is 5.99. The smallest absolute Gasteiger partial charge is 0.133 e. The van der Waals surface area contributed by atoms with Gasteiger partial charge in [0.25, 0.3) is 0 Å². The lowest BCUT2D eigenvalue weighted by molar-refractivity contribution is 1.13. The molecule has 17 heavy (non-hydrogen) atoms. The Morgan fingerprint density at radius 3 is 2.71 bits per heavy atom. The van der Waals surface area contributed by atoms with E-state index in [1.165, 1.54) is 5.56 Å². The van der Waals surface area contributed by atoms with E-state index in [9.17, 15) is 0 Å². The average molecular weight is 226 g/mol. The highest BCUT2D eigenvalue weighted by molar-refractivity contribution is 5.60. The molecule has 0 radical (unpaired) electrons. The van der Waals surface area contributed by atoms with Gasteiger partial charge in [0.15, 0.2) is 0 Å². The Labute approximate surface area is 103 Å². The van der Waals surface area contributed by atoms with Gasteiger partial charge >= 0.3 is 0 Å². The summed E-state index contributed by atoms with van der Waals surface area (Å²) in [5.41, 5.74) is 4.63. The molecule has 2 nitrogen and oxygen atoms in total. The van der Waals surface area contributed by atoms with Gasteiger partial charge in [0.05, 0.1) is 0 Å². The quantitative estimate of drug-likeness (QED) is 0.855. The fourth-order valence-electron chi connectivity index (χ4n) is 1.76. The number of rotatable bonds is 3. The van der Waals surface area contributed by atoms with Crippen LogP contribution in [0.15, 0.2) is 36.4 Å². The third-order valence-electron chi connectivity index (χ3n) is 2.83. The maximum atomic E-state index is 4.51. The van der Waals surface area contributed by atoms with Crippen LogP contribution in [0.1, 0.15) is 23.7 Å². The molecule has 0 spiro atoms. The summed E-state index contributed by atoms with van der Waals surface area (Å²) < 4.78 is 0. The zero-order chi connectivity index (χ0) is 12.3. The Morgan fingerprint density at radius 2 is 1.94 bits per heavy atom. The molecule has 0 saturated heterocycles. The van der Waals surface area contributed by atoms with Crippen LogP contribution in [-0.2, 0) is 6.42 Å². The summed E-state index contributed by atoms with van der Waals surface area (Å²) in [6.45, 7) is 6.24. The first-order chi connectivity index (χ1) is 8.19. The topological polar surface area (TPSA) is 24.9 Å². The molecular formula is C15H18N2. The first kappa shape index (κ1) is 11.6. The number of anilines is 2. The molecule has 0 aliphatic carbocycles. The zero-order valence-corrected chi connectivity index (χ0v) is 10.6. The van der Waals surface area contributed by atoms with Crippen molar-refractivity contribution in [3.8, 4) is 0 Å². The number of hydrogen-bond donors (Lipinski definition) is 1. The Kier molecular flexibility index (Phi) is 3.43. The molecule has 1 N–H and O–H groups in total. The predicted octanol–water partition coefficient (Wildman–Crippen LogP) is 4.00. The van der Waals surface area contributed by atoms with Gasteiger partial charge in [-0.05, 0) is 49.6 Å². The van der Waals surface area contributed by atoms with Crippen LogP contribution in [-0.4, -0.2) is 4.98 Å². The molecule has 0 unspecified atom stereocenters. The molecular weight excluding hydrogens is 208 g/mol.